The van der Waals surface area contributed by atoms with Crippen LogP contribution < -0.4 is 15.4 Å². The van der Waals surface area contributed by atoms with Gasteiger partial charge in [-0.05, 0) is 37.1 Å². The van der Waals surface area contributed by atoms with Crippen molar-refractivity contribution in [3.05, 3.63) is 71.4 Å². The molecular weight excluding hydrogens is 312 g/mol. The van der Waals surface area contributed by atoms with E-state index in [0.717, 1.165) is 29.5 Å². The fourth-order valence-corrected chi connectivity index (χ4v) is 2.58. The van der Waals surface area contributed by atoms with Crippen LogP contribution in [0.15, 0.2) is 54.6 Å². The number of benzene rings is 2. The van der Waals surface area contributed by atoms with Gasteiger partial charge in [-0.15, -0.1) is 0 Å². The number of aryl methyl sites for hydroxylation is 2. The molecule has 1 heterocycles. The standard InChI is InChI=1S/C20H22N4O/c1-14-8-4-5-9-16(14)13-21-19-12-15(2)22-20(24-19)23-17-10-6-7-11-18(17)25-3/h4-12H,13H2,1-3H3,(H2,21,22,23,24). The first kappa shape index (κ1) is 16.8. The van der Waals surface area contributed by atoms with E-state index in [4.69, 9.17) is 4.74 Å². The van der Waals surface area contributed by atoms with E-state index in [1.807, 2.05) is 49.4 Å². The third-order valence-corrected chi connectivity index (χ3v) is 3.93. The van der Waals surface area contributed by atoms with Crippen LogP contribution in [0.25, 0.3) is 0 Å². The third-order valence-electron chi connectivity index (χ3n) is 3.93. The minimum absolute atomic E-state index is 0.539. The molecule has 5 nitrogen and oxygen atoms in total. The number of aromatic nitrogens is 2. The molecule has 3 aromatic rings. The predicted molar refractivity (Wildman–Crippen MR) is 102 cm³/mol. The van der Waals surface area contributed by atoms with Gasteiger partial charge in [-0.1, -0.05) is 36.4 Å². The van der Waals surface area contributed by atoms with E-state index in [0.29, 0.717) is 5.95 Å². The normalized spacial score (nSPS) is 10.4. The van der Waals surface area contributed by atoms with Crippen molar-refractivity contribution in [3.8, 4) is 5.75 Å². The van der Waals surface area contributed by atoms with E-state index < -0.39 is 0 Å². The van der Waals surface area contributed by atoms with Gasteiger partial charge in [-0.25, -0.2) is 4.98 Å². The smallest absolute Gasteiger partial charge is 0.229 e. The summed E-state index contributed by atoms with van der Waals surface area (Å²) in [5.41, 5.74) is 4.23. The molecule has 0 bridgehead atoms. The summed E-state index contributed by atoms with van der Waals surface area (Å²) >= 11 is 0. The second-order valence-electron chi connectivity index (χ2n) is 5.82. The summed E-state index contributed by atoms with van der Waals surface area (Å²) in [5.74, 6) is 2.08. The number of nitrogens with one attached hydrogen (secondary N) is 2. The Kier molecular flexibility index (Phi) is 5.14. The second kappa shape index (κ2) is 7.66. The number of ether oxygens (including phenoxy) is 1. The van der Waals surface area contributed by atoms with Crippen LogP contribution in [0, 0.1) is 13.8 Å². The summed E-state index contributed by atoms with van der Waals surface area (Å²) in [4.78, 5) is 9.02. The molecule has 0 saturated heterocycles. The molecule has 0 amide bonds. The molecule has 0 aliphatic rings. The van der Waals surface area contributed by atoms with E-state index in [1.54, 1.807) is 7.11 Å². The Hall–Kier alpha value is -3.08. The fourth-order valence-electron chi connectivity index (χ4n) is 2.58. The number of methoxy groups -OCH3 is 1. The highest BCUT2D eigenvalue weighted by atomic mass is 16.5. The lowest BCUT2D eigenvalue weighted by Crippen LogP contribution is -2.06. The highest BCUT2D eigenvalue weighted by Crippen LogP contribution is 2.26. The molecule has 0 atom stereocenters. The summed E-state index contributed by atoms with van der Waals surface area (Å²) in [7, 11) is 1.65. The highest BCUT2D eigenvalue weighted by molar-refractivity contribution is 5.63. The molecule has 3 rings (SSSR count). The zero-order valence-corrected chi connectivity index (χ0v) is 14.7. The largest absolute Gasteiger partial charge is 0.495 e. The summed E-state index contributed by atoms with van der Waals surface area (Å²) < 4.78 is 5.36. The van der Waals surface area contributed by atoms with Gasteiger partial charge in [0.25, 0.3) is 0 Å². The van der Waals surface area contributed by atoms with Crippen molar-refractivity contribution in [2.75, 3.05) is 17.7 Å². The zero-order valence-electron chi connectivity index (χ0n) is 14.7. The van der Waals surface area contributed by atoms with Crippen LogP contribution in [0.2, 0.25) is 0 Å². The molecule has 25 heavy (non-hydrogen) atoms. The third kappa shape index (κ3) is 4.26. The Balaban J connectivity index is 1.77. The quantitative estimate of drug-likeness (QED) is 0.697. The van der Waals surface area contributed by atoms with Crippen LogP contribution in [0.3, 0.4) is 0 Å². The molecule has 0 fully saturated rings. The molecule has 5 heteroatoms. The number of rotatable bonds is 6. The Morgan fingerprint density at radius 2 is 1.72 bits per heavy atom. The lowest BCUT2D eigenvalue weighted by Gasteiger charge is -2.12. The maximum atomic E-state index is 5.36. The first-order valence-electron chi connectivity index (χ1n) is 8.20. The summed E-state index contributed by atoms with van der Waals surface area (Å²) in [6.07, 6.45) is 0. The number of anilines is 3. The monoisotopic (exact) mass is 334 g/mol. The number of nitrogens with zero attached hydrogens (tertiary/aromatic N) is 2. The van der Waals surface area contributed by atoms with E-state index in [-0.39, 0.29) is 0 Å². The molecule has 0 unspecified atom stereocenters. The molecule has 0 saturated carbocycles. The molecule has 128 valence electrons. The topological polar surface area (TPSA) is 59.1 Å². The van der Waals surface area contributed by atoms with Crippen molar-refractivity contribution in [1.29, 1.82) is 0 Å². The van der Waals surface area contributed by atoms with Gasteiger partial charge in [0.15, 0.2) is 0 Å². The molecule has 0 spiro atoms. The van der Waals surface area contributed by atoms with E-state index in [1.165, 1.54) is 11.1 Å². The van der Waals surface area contributed by atoms with E-state index in [9.17, 15) is 0 Å². The lowest BCUT2D eigenvalue weighted by molar-refractivity contribution is 0.417. The van der Waals surface area contributed by atoms with Gasteiger partial charge in [0.1, 0.15) is 11.6 Å². The van der Waals surface area contributed by atoms with Gasteiger partial charge in [-0.3, -0.25) is 0 Å². The average molecular weight is 334 g/mol. The summed E-state index contributed by atoms with van der Waals surface area (Å²) in [6.45, 7) is 4.78. The molecule has 1 aromatic heterocycles. The Labute approximate surface area is 148 Å². The average Bonchev–Trinajstić information content (AvgIpc) is 2.61. The Morgan fingerprint density at radius 3 is 2.52 bits per heavy atom. The van der Waals surface area contributed by atoms with Crippen LogP contribution in [-0.2, 0) is 6.54 Å². The van der Waals surface area contributed by atoms with Crippen LogP contribution >= 0.6 is 0 Å². The lowest BCUT2D eigenvalue weighted by atomic mass is 10.1. The van der Waals surface area contributed by atoms with Crippen molar-refractivity contribution >= 4 is 17.5 Å². The van der Waals surface area contributed by atoms with Crippen LogP contribution in [0.4, 0.5) is 17.5 Å². The maximum absolute atomic E-state index is 5.36. The first-order chi connectivity index (χ1) is 12.2. The van der Waals surface area contributed by atoms with Crippen LogP contribution in [0.1, 0.15) is 16.8 Å². The van der Waals surface area contributed by atoms with Gasteiger partial charge in [-0.2, -0.15) is 4.98 Å². The van der Waals surface area contributed by atoms with Gasteiger partial charge in [0.2, 0.25) is 5.95 Å². The van der Waals surface area contributed by atoms with Gasteiger partial charge < -0.3 is 15.4 Å². The van der Waals surface area contributed by atoms with Gasteiger partial charge in [0, 0.05) is 18.3 Å². The Morgan fingerprint density at radius 1 is 0.960 bits per heavy atom. The minimum atomic E-state index is 0.539. The van der Waals surface area contributed by atoms with Crippen molar-refractivity contribution in [2.45, 2.75) is 20.4 Å². The van der Waals surface area contributed by atoms with Gasteiger partial charge in [0.05, 0.1) is 12.8 Å². The first-order valence-corrected chi connectivity index (χ1v) is 8.20. The van der Waals surface area contributed by atoms with Crippen LogP contribution in [0.5, 0.6) is 5.75 Å². The Bertz CT molecular complexity index is 864. The zero-order chi connectivity index (χ0) is 17.6. The molecule has 0 aliphatic carbocycles. The van der Waals surface area contributed by atoms with Gasteiger partial charge >= 0.3 is 0 Å². The predicted octanol–water partition coefficient (Wildman–Crippen LogP) is 4.46. The number of hydrogen-bond acceptors (Lipinski definition) is 5. The van der Waals surface area contributed by atoms with E-state index in [2.05, 4.69) is 39.7 Å². The van der Waals surface area contributed by atoms with Crippen molar-refractivity contribution in [3.63, 3.8) is 0 Å². The molecule has 2 aromatic carbocycles. The summed E-state index contributed by atoms with van der Waals surface area (Å²) in [6, 6.07) is 18.0. The van der Waals surface area contributed by atoms with Crippen molar-refractivity contribution in [1.82, 2.24) is 9.97 Å². The maximum Gasteiger partial charge on any atom is 0.229 e. The van der Waals surface area contributed by atoms with Crippen molar-refractivity contribution < 1.29 is 4.74 Å². The number of para-hydroxylation sites is 2. The second-order valence-corrected chi connectivity index (χ2v) is 5.82. The minimum Gasteiger partial charge on any atom is -0.495 e. The summed E-state index contributed by atoms with van der Waals surface area (Å²) in [5, 5.41) is 6.60. The van der Waals surface area contributed by atoms with Crippen LogP contribution in [-0.4, -0.2) is 17.1 Å². The van der Waals surface area contributed by atoms with E-state index >= 15 is 0 Å². The SMILES string of the molecule is COc1ccccc1Nc1nc(C)cc(NCc2ccccc2C)n1. The molecule has 0 radical (unpaired) electrons. The molecule has 2 N–H and O–H groups in total. The fraction of sp³-hybridized carbons (Fsp3) is 0.200. The molecular formula is C20H22N4O. The van der Waals surface area contributed by atoms with Crippen molar-refractivity contribution in [2.24, 2.45) is 0 Å². The highest BCUT2D eigenvalue weighted by Gasteiger charge is 2.07. The number of hydrogen-bond donors (Lipinski definition) is 2. The molecule has 0 aliphatic heterocycles.